The molecule has 1 heterocycles. The van der Waals surface area contributed by atoms with Crippen LogP contribution in [0.1, 0.15) is 53.4 Å². The fourth-order valence-corrected chi connectivity index (χ4v) is 3.02. The zero-order chi connectivity index (χ0) is 15.7. The molecule has 0 aromatic rings. The fourth-order valence-electron chi connectivity index (χ4n) is 3.02. The van der Waals surface area contributed by atoms with Crippen molar-refractivity contribution in [1.82, 2.24) is 10.2 Å². The van der Waals surface area contributed by atoms with E-state index in [1.807, 2.05) is 6.92 Å². The predicted molar refractivity (Wildman–Crippen MR) is 87.3 cm³/mol. The first-order valence-corrected chi connectivity index (χ1v) is 8.70. The molecule has 0 radical (unpaired) electrons. The third kappa shape index (κ3) is 6.79. The lowest BCUT2D eigenvalue weighted by Crippen LogP contribution is -2.43. The van der Waals surface area contributed by atoms with Gasteiger partial charge < -0.3 is 15.0 Å². The summed E-state index contributed by atoms with van der Waals surface area (Å²) >= 11 is 0. The molecule has 1 fully saturated rings. The first-order valence-electron chi connectivity index (χ1n) is 8.70. The molecule has 0 aromatic heterocycles. The van der Waals surface area contributed by atoms with E-state index in [1.165, 1.54) is 25.9 Å². The van der Waals surface area contributed by atoms with Gasteiger partial charge in [0.15, 0.2) is 0 Å². The Balaban J connectivity index is 2.34. The number of piperidine rings is 1. The Kier molecular flexibility index (Phi) is 8.93. The van der Waals surface area contributed by atoms with Crippen molar-refractivity contribution in [2.75, 3.05) is 32.8 Å². The van der Waals surface area contributed by atoms with Crippen molar-refractivity contribution >= 4 is 5.97 Å². The standard InChI is InChI=1S/C17H34N2O2/c1-5-10-18-16(17(20)21-6-2)9-13-19-11-7-15(8-12-19)14(3)4/h14-16,18H,5-13H2,1-4H3. The average Bonchev–Trinajstić information content (AvgIpc) is 2.48. The van der Waals surface area contributed by atoms with E-state index in [-0.39, 0.29) is 12.0 Å². The minimum Gasteiger partial charge on any atom is -0.465 e. The van der Waals surface area contributed by atoms with Gasteiger partial charge in [0.2, 0.25) is 0 Å². The van der Waals surface area contributed by atoms with Crippen molar-refractivity contribution < 1.29 is 9.53 Å². The highest BCUT2D eigenvalue weighted by atomic mass is 16.5. The van der Waals surface area contributed by atoms with Gasteiger partial charge in [-0.05, 0) is 64.1 Å². The Morgan fingerprint density at radius 3 is 2.48 bits per heavy atom. The van der Waals surface area contributed by atoms with E-state index in [1.54, 1.807) is 0 Å². The average molecular weight is 298 g/mol. The van der Waals surface area contributed by atoms with Gasteiger partial charge >= 0.3 is 5.97 Å². The zero-order valence-electron chi connectivity index (χ0n) is 14.4. The summed E-state index contributed by atoms with van der Waals surface area (Å²) in [5.74, 6) is 1.58. The first kappa shape index (κ1) is 18.4. The minimum atomic E-state index is -0.146. The number of hydrogen-bond acceptors (Lipinski definition) is 4. The van der Waals surface area contributed by atoms with Crippen LogP contribution in [0.25, 0.3) is 0 Å². The highest BCUT2D eigenvalue weighted by Gasteiger charge is 2.24. The molecule has 1 aliphatic heterocycles. The lowest BCUT2D eigenvalue weighted by Gasteiger charge is -2.34. The summed E-state index contributed by atoms with van der Waals surface area (Å²) in [6.07, 6.45) is 4.48. The quantitative estimate of drug-likeness (QED) is 0.665. The maximum atomic E-state index is 12.0. The van der Waals surface area contributed by atoms with Crippen LogP contribution in [-0.4, -0.2) is 49.7 Å². The molecular weight excluding hydrogens is 264 g/mol. The largest absolute Gasteiger partial charge is 0.465 e. The third-order valence-corrected chi connectivity index (χ3v) is 4.52. The van der Waals surface area contributed by atoms with Gasteiger partial charge in [-0.2, -0.15) is 0 Å². The van der Waals surface area contributed by atoms with Crippen LogP contribution in [0.4, 0.5) is 0 Å². The molecule has 21 heavy (non-hydrogen) atoms. The molecule has 1 saturated heterocycles. The van der Waals surface area contributed by atoms with Crippen LogP contribution in [0.15, 0.2) is 0 Å². The molecule has 0 aliphatic carbocycles. The third-order valence-electron chi connectivity index (χ3n) is 4.52. The Morgan fingerprint density at radius 1 is 1.29 bits per heavy atom. The zero-order valence-corrected chi connectivity index (χ0v) is 14.4. The van der Waals surface area contributed by atoms with Gasteiger partial charge in [-0.25, -0.2) is 0 Å². The topological polar surface area (TPSA) is 41.6 Å². The molecule has 0 aromatic carbocycles. The van der Waals surface area contributed by atoms with Gasteiger partial charge in [0.05, 0.1) is 6.61 Å². The second kappa shape index (κ2) is 10.2. The van der Waals surface area contributed by atoms with E-state index in [4.69, 9.17) is 4.74 Å². The number of ether oxygens (including phenoxy) is 1. The molecule has 1 aliphatic rings. The highest BCUT2D eigenvalue weighted by Crippen LogP contribution is 2.24. The predicted octanol–water partition coefficient (Wildman–Crippen LogP) is 2.68. The number of esters is 1. The second-order valence-electron chi connectivity index (χ2n) is 6.47. The SMILES string of the molecule is CCCNC(CCN1CCC(C(C)C)CC1)C(=O)OCC. The molecule has 4 heteroatoms. The number of rotatable bonds is 9. The van der Waals surface area contributed by atoms with Crippen molar-refractivity contribution in [1.29, 1.82) is 0 Å². The Hall–Kier alpha value is -0.610. The van der Waals surface area contributed by atoms with E-state index in [0.29, 0.717) is 6.61 Å². The highest BCUT2D eigenvalue weighted by molar-refractivity contribution is 5.75. The maximum absolute atomic E-state index is 12.0. The smallest absolute Gasteiger partial charge is 0.323 e. The number of nitrogens with zero attached hydrogens (tertiary/aromatic N) is 1. The molecule has 1 atom stereocenters. The van der Waals surface area contributed by atoms with Gasteiger partial charge in [-0.1, -0.05) is 20.8 Å². The van der Waals surface area contributed by atoms with Gasteiger partial charge in [0.25, 0.3) is 0 Å². The van der Waals surface area contributed by atoms with Crippen molar-refractivity contribution in [3.05, 3.63) is 0 Å². The molecule has 1 unspecified atom stereocenters. The normalized spacial score (nSPS) is 18.9. The number of carbonyl (C=O) groups is 1. The molecule has 0 bridgehead atoms. The molecule has 0 amide bonds. The van der Waals surface area contributed by atoms with Crippen LogP contribution in [0.5, 0.6) is 0 Å². The number of hydrogen-bond donors (Lipinski definition) is 1. The molecule has 0 saturated carbocycles. The summed E-state index contributed by atoms with van der Waals surface area (Å²) in [5.41, 5.74) is 0. The van der Waals surface area contributed by atoms with Crippen LogP contribution in [0, 0.1) is 11.8 Å². The molecule has 124 valence electrons. The Labute approximate surface area is 130 Å². The number of nitrogens with one attached hydrogen (secondary N) is 1. The Bertz CT molecular complexity index is 287. The van der Waals surface area contributed by atoms with Crippen molar-refractivity contribution in [2.45, 2.75) is 59.4 Å². The summed E-state index contributed by atoms with van der Waals surface area (Å²) in [6.45, 7) is 13.3. The van der Waals surface area contributed by atoms with Crippen molar-refractivity contribution in [3.8, 4) is 0 Å². The van der Waals surface area contributed by atoms with Gasteiger partial charge in [0, 0.05) is 6.54 Å². The number of carbonyl (C=O) groups excluding carboxylic acids is 1. The van der Waals surface area contributed by atoms with Gasteiger partial charge in [-0.3, -0.25) is 4.79 Å². The summed E-state index contributed by atoms with van der Waals surface area (Å²) in [7, 11) is 0. The van der Waals surface area contributed by atoms with Crippen LogP contribution in [0.3, 0.4) is 0 Å². The lowest BCUT2D eigenvalue weighted by molar-refractivity contribution is -0.146. The maximum Gasteiger partial charge on any atom is 0.323 e. The van der Waals surface area contributed by atoms with Gasteiger partial charge in [-0.15, -0.1) is 0 Å². The summed E-state index contributed by atoms with van der Waals surface area (Å²) in [5, 5.41) is 3.32. The summed E-state index contributed by atoms with van der Waals surface area (Å²) < 4.78 is 5.17. The summed E-state index contributed by atoms with van der Waals surface area (Å²) in [6, 6.07) is -0.146. The van der Waals surface area contributed by atoms with E-state index < -0.39 is 0 Å². The van der Waals surface area contributed by atoms with Crippen LogP contribution in [0.2, 0.25) is 0 Å². The molecule has 4 nitrogen and oxygen atoms in total. The van der Waals surface area contributed by atoms with E-state index >= 15 is 0 Å². The van der Waals surface area contributed by atoms with E-state index in [9.17, 15) is 4.79 Å². The van der Waals surface area contributed by atoms with E-state index in [0.717, 1.165) is 37.8 Å². The fraction of sp³-hybridized carbons (Fsp3) is 0.941. The van der Waals surface area contributed by atoms with E-state index in [2.05, 4.69) is 31.0 Å². The molecule has 0 spiro atoms. The van der Waals surface area contributed by atoms with Crippen LogP contribution in [-0.2, 0) is 9.53 Å². The van der Waals surface area contributed by atoms with Crippen LogP contribution >= 0.6 is 0 Å². The van der Waals surface area contributed by atoms with Crippen molar-refractivity contribution in [2.24, 2.45) is 11.8 Å². The van der Waals surface area contributed by atoms with Crippen molar-refractivity contribution in [3.63, 3.8) is 0 Å². The summed E-state index contributed by atoms with van der Waals surface area (Å²) in [4.78, 5) is 14.5. The molecule has 1 N–H and O–H groups in total. The van der Waals surface area contributed by atoms with Crippen LogP contribution < -0.4 is 5.32 Å². The number of likely N-dealkylation sites (tertiary alicyclic amines) is 1. The molecule has 1 rings (SSSR count). The monoisotopic (exact) mass is 298 g/mol. The second-order valence-corrected chi connectivity index (χ2v) is 6.47. The van der Waals surface area contributed by atoms with Gasteiger partial charge in [0.1, 0.15) is 6.04 Å². The first-order chi connectivity index (χ1) is 10.1. The molecular formula is C17H34N2O2. The lowest BCUT2D eigenvalue weighted by atomic mass is 9.86. The Morgan fingerprint density at radius 2 is 1.95 bits per heavy atom. The minimum absolute atomic E-state index is 0.0944.